The number of amides is 2. The first kappa shape index (κ1) is 26.7. The summed E-state index contributed by atoms with van der Waals surface area (Å²) in [5.41, 5.74) is 1.93. The van der Waals surface area contributed by atoms with Gasteiger partial charge in [0.1, 0.15) is 12.6 Å². The highest BCUT2D eigenvalue weighted by atomic mass is 35.5. The molecule has 2 aromatic rings. The average molecular weight is 494 g/mol. The summed E-state index contributed by atoms with van der Waals surface area (Å²) in [5.74, 6) is -0.801. The topological polar surface area (TPSA) is 86.8 Å². The molecule has 0 aliphatic rings. The molecule has 0 bridgehead atoms. The molecule has 2 rings (SSSR count). The molecule has 0 radical (unpaired) electrons. The van der Waals surface area contributed by atoms with E-state index in [0.717, 1.165) is 29.0 Å². The van der Waals surface area contributed by atoms with Gasteiger partial charge in [-0.05, 0) is 49.6 Å². The van der Waals surface area contributed by atoms with Crippen LogP contribution in [0.5, 0.6) is 0 Å². The molecule has 1 atom stereocenters. The number of aryl methyl sites for hydroxylation is 1. The number of nitrogens with one attached hydrogen (secondary N) is 1. The standard InChI is InChI=1S/C24H32ClN3O4S/c1-5-6-14-26-24(30)19(3)27(16-20-11-7-8-13-22(20)25)23(29)17-28(33(4,31)32)21-12-9-10-18(2)15-21/h7-13,15,19H,5-6,14,16-17H2,1-4H3,(H,26,30)/t19-/m0/s1. The normalized spacial score (nSPS) is 12.2. The summed E-state index contributed by atoms with van der Waals surface area (Å²) in [6.07, 6.45) is 2.81. The molecule has 7 nitrogen and oxygen atoms in total. The molecule has 0 aromatic heterocycles. The molecule has 0 aliphatic heterocycles. The Bertz CT molecular complexity index is 1070. The Kier molecular flexibility index (Phi) is 9.73. The van der Waals surface area contributed by atoms with Crippen molar-refractivity contribution in [3.05, 3.63) is 64.7 Å². The Morgan fingerprint density at radius 3 is 2.42 bits per heavy atom. The zero-order valence-corrected chi connectivity index (χ0v) is 21.1. The fraction of sp³-hybridized carbons (Fsp3) is 0.417. The molecule has 0 spiro atoms. The van der Waals surface area contributed by atoms with E-state index in [0.29, 0.717) is 22.8 Å². The third-order valence-corrected chi connectivity index (χ3v) is 6.77. The molecule has 1 N–H and O–H groups in total. The van der Waals surface area contributed by atoms with Gasteiger partial charge >= 0.3 is 0 Å². The molecule has 180 valence electrons. The van der Waals surface area contributed by atoms with Crippen LogP contribution in [0.3, 0.4) is 0 Å². The number of carbonyl (C=O) groups is 2. The Labute approximate surface area is 201 Å². The molecular formula is C24H32ClN3O4S. The van der Waals surface area contributed by atoms with Crippen LogP contribution in [0.1, 0.15) is 37.8 Å². The maximum Gasteiger partial charge on any atom is 0.244 e. The number of hydrogen-bond donors (Lipinski definition) is 1. The van der Waals surface area contributed by atoms with E-state index in [1.54, 1.807) is 49.4 Å². The maximum atomic E-state index is 13.4. The van der Waals surface area contributed by atoms with Crippen LogP contribution in [0.15, 0.2) is 48.5 Å². The summed E-state index contributed by atoms with van der Waals surface area (Å²) < 4.78 is 26.2. The number of halogens is 1. The lowest BCUT2D eigenvalue weighted by molar-refractivity contribution is -0.139. The van der Waals surface area contributed by atoms with Crippen molar-refractivity contribution in [1.82, 2.24) is 10.2 Å². The highest BCUT2D eigenvalue weighted by Gasteiger charge is 2.30. The molecule has 33 heavy (non-hydrogen) atoms. The molecule has 0 saturated heterocycles. The minimum absolute atomic E-state index is 0.0757. The van der Waals surface area contributed by atoms with Gasteiger partial charge in [0.25, 0.3) is 0 Å². The first-order valence-corrected chi connectivity index (χ1v) is 13.1. The second-order valence-electron chi connectivity index (χ2n) is 8.04. The lowest BCUT2D eigenvalue weighted by atomic mass is 10.1. The van der Waals surface area contributed by atoms with Crippen LogP contribution in [-0.2, 0) is 26.2 Å². The second kappa shape index (κ2) is 12.0. The third kappa shape index (κ3) is 7.75. The van der Waals surface area contributed by atoms with Crippen LogP contribution in [-0.4, -0.2) is 50.5 Å². The van der Waals surface area contributed by atoms with Crippen molar-refractivity contribution in [2.45, 2.75) is 46.2 Å². The molecule has 0 fully saturated rings. The van der Waals surface area contributed by atoms with Gasteiger partial charge in [-0.3, -0.25) is 13.9 Å². The van der Waals surface area contributed by atoms with Crippen LogP contribution in [0.2, 0.25) is 5.02 Å². The SMILES string of the molecule is CCCCNC(=O)[C@H](C)N(Cc1ccccc1Cl)C(=O)CN(c1cccc(C)c1)S(C)(=O)=O. The van der Waals surface area contributed by atoms with Crippen molar-refractivity contribution < 1.29 is 18.0 Å². The molecule has 2 amide bonds. The van der Waals surface area contributed by atoms with Crippen molar-refractivity contribution in [2.24, 2.45) is 0 Å². The van der Waals surface area contributed by atoms with Gasteiger partial charge < -0.3 is 10.2 Å². The first-order valence-electron chi connectivity index (χ1n) is 10.9. The Balaban J connectivity index is 2.36. The van der Waals surface area contributed by atoms with Crippen molar-refractivity contribution in [1.29, 1.82) is 0 Å². The van der Waals surface area contributed by atoms with Crippen molar-refractivity contribution in [3.8, 4) is 0 Å². The van der Waals surface area contributed by atoms with Gasteiger partial charge in [-0.15, -0.1) is 0 Å². The van der Waals surface area contributed by atoms with Crippen molar-refractivity contribution in [2.75, 3.05) is 23.7 Å². The number of hydrogen-bond acceptors (Lipinski definition) is 4. The summed E-state index contributed by atoms with van der Waals surface area (Å²) in [6.45, 7) is 5.65. The van der Waals surface area contributed by atoms with E-state index in [1.807, 2.05) is 19.9 Å². The smallest absolute Gasteiger partial charge is 0.244 e. The maximum absolute atomic E-state index is 13.4. The third-order valence-electron chi connectivity index (χ3n) is 5.26. The van der Waals surface area contributed by atoms with Gasteiger partial charge in [0, 0.05) is 18.1 Å². The van der Waals surface area contributed by atoms with Crippen LogP contribution in [0.4, 0.5) is 5.69 Å². The van der Waals surface area contributed by atoms with Crippen LogP contribution >= 0.6 is 11.6 Å². The van der Waals surface area contributed by atoms with Gasteiger partial charge in [-0.25, -0.2) is 8.42 Å². The van der Waals surface area contributed by atoms with Gasteiger partial charge in [-0.1, -0.05) is 55.3 Å². The van der Waals surface area contributed by atoms with Crippen molar-refractivity contribution >= 4 is 39.1 Å². The summed E-state index contributed by atoms with van der Waals surface area (Å²) in [6, 6.07) is 13.2. The summed E-state index contributed by atoms with van der Waals surface area (Å²) in [5, 5.41) is 3.31. The lowest BCUT2D eigenvalue weighted by Crippen LogP contribution is -2.51. The Morgan fingerprint density at radius 2 is 1.82 bits per heavy atom. The van der Waals surface area contributed by atoms with Crippen LogP contribution in [0.25, 0.3) is 0 Å². The second-order valence-corrected chi connectivity index (χ2v) is 10.4. The number of nitrogens with zero attached hydrogens (tertiary/aromatic N) is 2. The van der Waals surface area contributed by atoms with E-state index < -0.39 is 28.5 Å². The van der Waals surface area contributed by atoms with Gasteiger partial charge in [0.15, 0.2) is 0 Å². The fourth-order valence-corrected chi connectivity index (χ4v) is 4.36. The molecule has 0 aliphatic carbocycles. The van der Waals surface area contributed by atoms with E-state index >= 15 is 0 Å². The van der Waals surface area contributed by atoms with Gasteiger partial charge in [0.2, 0.25) is 21.8 Å². The lowest BCUT2D eigenvalue weighted by Gasteiger charge is -2.31. The van der Waals surface area contributed by atoms with E-state index in [2.05, 4.69) is 5.32 Å². The van der Waals surface area contributed by atoms with Gasteiger partial charge in [0.05, 0.1) is 11.9 Å². The fourth-order valence-electron chi connectivity index (χ4n) is 3.33. The summed E-state index contributed by atoms with van der Waals surface area (Å²) in [7, 11) is -3.75. The monoisotopic (exact) mass is 493 g/mol. The van der Waals surface area contributed by atoms with E-state index in [9.17, 15) is 18.0 Å². The summed E-state index contributed by atoms with van der Waals surface area (Å²) in [4.78, 5) is 27.6. The molecule has 0 heterocycles. The molecule has 0 unspecified atom stereocenters. The van der Waals surface area contributed by atoms with E-state index in [1.165, 1.54) is 4.90 Å². The average Bonchev–Trinajstić information content (AvgIpc) is 2.75. The first-order chi connectivity index (χ1) is 15.5. The molecule has 0 saturated carbocycles. The summed E-state index contributed by atoms with van der Waals surface area (Å²) >= 11 is 6.31. The number of sulfonamides is 1. The number of carbonyl (C=O) groups excluding carboxylic acids is 2. The number of rotatable bonds is 11. The largest absolute Gasteiger partial charge is 0.354 e. The number of anilines is 1. The van der Waals surface area contributed by atoms with Crippen molar-refractivity contribution in [3.63, 3.8) is 0 Å². The highest BCUT2D eigenvalue weighted by molar-refractivity contribution is 7.92. The zero-order valence-electron chi connectivity index (χ0n) is 19.5. The van der Waals surface area contributed by atoms with E-state index in [4.69, 9.17) is 11.6 Å². The molecule has 2 aromatic carbocycles. The predicted octanol–water partition coefficient (Wildman–Crippen LogP) is 3.75. The van der Waals surface area contributed by atoms with Crippen LogP contribution < -0.4 is 9.62 Å². The minimum atomic E-state index is -3.75. The quantitative estimate of drug-likeness (QED) is 0.483. The Hall–Kier alpha value is -2.58. The number of unbranched alkanes of at least 4 members (excludes halogenated alkanes) is 1. The molecular weight excluding hydrogens is 462 g/mol. The Morgan fingerprint density at radius 1 is 1.12 bits per heavy atom. The predicted molar refractivity (Wildman–Crippen MR) is 133 cm³/mol. The molecule has 9 heteroatoms. The van der Waals surface area contributed by atoms with E-state index in [-0.39, 0.29) is 12.5 Å². The highest BCUT2D eigenvalue weighted by Crippen LogP contribution is 2.22. The zero-order chi connectivity index (χ0) is 24.6. The van der Waals surface area contributed by atoms with Gasteiger partial charge in [-0.2, -0.15) is 0 Å². The van der Waals surface area contributed by atoms with Crippen LogP contribution in [0, 0.1) is 6.92 Å². The number of benzene rings is 2. The minimum Gasteiger partial charge on any atom is -0.354 e.